The maximum absolute atomic E-state index is 12.7. The molecule has 0 radical (unpaired) electrons. The number of carbonyl (C=O) groups is 1. The van der Waals surface area contributed by atoms with Crippen molar-refractivity contribution in [2.45, 2.75) is 25.8 Å². The molecule has 0 spiro atoms. The van der Waals surface area contributed by atoms with Crippen LogP contribution in [0.15, 0.2) is 48.5 Å². The van der Waals surface area contributed by atoms with Gasteiger partial charge in [-0.25, -0.2) is 4.79 Å². The Kier molecular flexibility index (Phi) is 6.85. The van der Waals surface area contributed by atoms with Crippen molar-refractivity contribution in [2.24, 2.45) is 5.92 Å². The van der Waals surface area contributed by atoms with Gasteiger partial charge in [0.1, 0.15) is 5.75 Å². The second kappa shape index (κ2) is 9.94. The smallest absolute Gasteiger partial charge is 0.317 e. The third kappa shape index (κ3) is 5.24. The average molecular weight is 423 g/mol. The van der Waals surface area contributed by atoms with Crippen LogP contribution in [0, 0.1) is 5.92 Å². The van der Waals surface area contributed by atoms with Crippen molar-refractivity contribution in [1.29, 1.82) is 0 Å². The Morgan fingerprint density at radius 2 is 1.90 bits per heavy atom. The SMILES string of the molecule is COc1cccc(N2CCC(CNC(=O)N(C)Cc3ccccc3N3CCCC3)C2)c1. The number of para-hydroxylation sites is 1. The molecular weight excluding hydrogens is 388 g/mol. The molecule has 0 aromatic heterocycles. The molecule has 2 aromatic rings. The minimum Gasteiger partial charge on any atom is -0.497 e. The van der Waals surface area contributed by atoms with E-state index in [-0.39, 0.29) is 6.03 Å². The molecule has 0 saturated carbocycles. The Morgan fingerprint density at radius 1 is 1.10 bits per heavy atom. The van der Waals surface area contributed by atoms with Gasteiger partial charge in [-0.3, -0.25) is 0 Å². The van der Waals surface area contributed by atoms with Crippen LogP contribution in [0.3, 0.4) is 0 Å². The predicted molar refractivity (Wildman–Crippen MR) is 126 cm³/mol. The van der Waals surface area contributed by atoms with E-state index in [4.69, 9.17) is 4.74 Å². The van der Waals surface area contributed by atoms with Crippen molar-refractivity contribution >= 4 is 17.4 Å². The van der Waals surface area contributed by atoms with Gasteiger partial charge in [-0.15, -0.1) is 0 Å². The van der Waals surface area contributed by atoms with Crippen LogP contribution >= 0.6 is 0 Å². The number of nitrogens with zero attached hydrogens (tertiary/aromatic N) is 3. The molecule has 1 atom stereocenters. The summed E-state index contributed by atoms with van der Waals surface area (Å²) in [6.45, 7) is 5.51. The Labute approximate surface area is 185 Å². The quantitative estimate of drug-likeness (QED) is 0.734. The van der Waals surface area contributed by atoms with E-state index in [0.29, 0.717) is 19.0 Å². The standard InChI is InChI=1S/C25H34N4O2/c1-27(19-21-8-3-4-11-24(21)28-13-5-6-14-28)25(30)26-17-20-12-15-29(18-20)22-9-7-10-23(16-22)31-2/h3-4,7-11,16,20H,5-6,12-15,17-19H2,1-2H3,(H,26,30). The number of rotatable bonds is 7. The van der Waals surface area contributed by atoms with E-state index >= 15 is 0 Å². The van der Waals surface area contributed by atoms with Gasteiger partial charge in [0, 0.05) is 63.8 Å². The molecular formula is C25H34N4O2. The summed E-state index contributed by atoms with van der Waals surface area (Å²) in [6.07, 6.45) is 3.58. The maximum atomic E-state index is 12.7. The zero-order chi connectivity index (χ0) is 21.6. The van der Waals surface area contributed by atoms with Gasteiger partial charge in [-0.2, -0.15) is 0 Å². The Morgan fingerprint density at radius 3 is 2.71 bits per heavy atom. The van der Waals surface area contributed by atoms with E-state index in [1.807, 2.05) is 19.2 Å². The van der Waals surface area contributed by atoms with Gasteiger partial charge in [0.05, 0.1) is 7.11 Å². The van der Waals surface area contributed by atoms with Crippen molar-refractivity contribution in [3.8, 4) is 5.75 Å². The molecule has 2 amide bonds. The van der Waals surface area contributed by atoms with Gasteiger partial charge in [0.2, 0.25) is 0 Å². The normalized spacial score (nSPS) is 18.3. The first-order valence-corrected chi connectivity index (χ1v) is 11.3. The van der Waals surface area contributed by atoms with E-state index in [1.165, 1.54) is 29.8 Å². The lowest BCUT2D eigenvalue weighted by Crippen LogP contribution is -2.40. The number of methoxy groups -OCH3 is 1. The van der Waals surface area contributed by atoms with Crippen LogP contribution in [0.25, 0.3) is 0 Å². The minimum atomic E-state index is -0.00365. The zero-order valence-corrected chi connectivity index (χ0v) is 18.7. The van der Waals surface area contributed by atoms with E-state index in [2.05, 4.69) is 51.5 Å². The van der Waals surface area contributed by atoms with Gasteiger partial charge in [-0.1, -0.05) is 24.3 Å². The van der Waals surface area contributed by atoms with E-state index < -0.39 is 0 Å². The summed E-state index contributed by atoms with van der Waals surface area (Å²) in [5, 5.41) is 3.15. The summed E-state index contributed by atoms with van der Waals surface area (Å²) in [6, 6.07) is 16.7. The van der Waals surface area contributed by atoms with Crippen LogP contribution in [0.1, 0.15) is 24.8 Å². The van der Waals surface area contributed by atoms with E-state index in [9.17, 15) is 4.79 Å². The van der Waals surface area contributed by atoms with Crippen molar-refractivity contribution in [3.63, 3.8) is 0 Å². The largest absolute Gasteiger partial charge is 0.497 e. The molecule has 0 bridgehead atoms. The molecule has 2 saturated heterocycles. The number of urea groups is 1. The molecule has 2 aromatic carbocycles. The number of amides is 2. The van der Waals surface area contributed by atoms with Crippen molar-refractivity contribution in [3.05, 3.63) is 54.1 Å². The van der Waals surface area contributed by atoms with Crippen LogP contribution in [0.5, 0.6) is 5.75 Å². The minimum absolute atomic E-state index is 0.00365. The number of hydrogen-bond donors (Lipinski definition) is 1. The number of carbonyl (C=O) groups excluding carboxylic acids is 1. The van der Waals surface area contributed by atoms with Gasteiger partial charge >= 0.3 is 6.03 Å². The fourth-order valence-electron chi connectivity index (χ4n) is 4.65. The highest BCUT2D eigenvalue weighted by atomic mass is 16.5. The van der Waals surface area contributed by atoms with Crippen LogP contribution in [-0.2, 0) is 6.54 Å². The molecule has 166 valence electrons. The molecule has 1 N–H and O–H groups in total. The molecule has 1 unspecified atom stereocenters. The molecule has 0 aliphatic carbocycles. The van der Waals surface area contributed by atoms with Gasteiger partial charge in [0.15, 0.2) is 0 Å². The molecule has 6 nitrogen and oxygen atoms in total. The molecule has 2 fully saturated rings. The Hall–Kier alpha value is -2.89. The van der Waals surface area contributed by atoms with Crippen molar-refractivity contribution < 1.29 is 9.53 Å². The second-order valence-corrected chi connectivity index (χ2v) is 8.67. The third-order valence-corrected chi connectivity index (χ3v) is 6.44. The average Bonchev–Trinajstić information content (AvgIpc) is 3.50. The van der Waals surface area contributed by atoms with E-state index in [1.54, 1.807) is 12.0 Å². The predicted octanol–water partition coefficient (Wildman–Crippen LogP) is 3.96. The van der Waals surface area contributed by atoms with Crippen LogP contribution < -0.4 is 19.9 Å². The summed E-state index contributed by atoms with van der Waals surface area (Å²) in [5.41, 5.74) is 3.67. The lowest BCUT2D eigenvalue weighted by atomic mass is 10.1. The monoisotopic (exact) mass is 422 g/mol. The fourth-order valence-corrected chi connectivity index (χ4v) is 4.65. The Bertz CT molecular complexity index is 881. The van der Waals surface area contributed by atoms with Crippen molar-refractivity contribution in [1.82, 2.24) is 10.2 Å². The number of ether oxygens (including phenoxy) is 1. The van der Waals surface area contributed by atoms with Crippen molar-refractivity contribution in [2.75, 3.05) is 56.7 Å². The second-order valence-electron chi connectivity index (χ2n) is 8.67. The summed E-state index contributed by atoms with van der Waals surface area (Å²) in [7, 11) is 3.58. The Balaban J connectivity index is 1.27. The summed E-state index contributed by atoms with van der Waals surface area (Å²) in [5.74, 6) is 1.34. The highest BCUT2D eigenvalue weighted by Crippen LogP contribution is 2.27. The summed E-state index contributed by atoms with van der Waals surface area (Å²) in [4.78, 5) is 19.3. The first-order valence-electron chi connectivity index (χ1n) is 11.3. The van der Waals surface area contributed by atoms with Crippen LogP contribution in [0.4, 0.5) is 16.2 Å². The molecule has 6 heteroatoms. The highest BCUT2D eigenvalue weighted by molar-refractivity contribution is 5.74. The summed E-state index contributed by atoms with van der Waals surface area (Å²) < 4.78 is 5.34. The number of anilines is 2. The molecule has 2 aliphatic heterocycles. The molecule has 2 aliphatic rings. The molecule has 31 heavy (non-hydrogen) atoms. The first-order chi connectivity index (χ1) is 15.1. The number of benzene rings is 2. The highest BCUT2D eigenvalue weighted by Gasteiger charge is 2.24. The van der Waals surface area contributed by atoms with Crippen LogP contribution in [-0.4, -0.2) is 57.8 Å². The van der Waals surface area contributed by atoms with E-state index in [0.717, 1.165) is 38.3 Å². The summed E-state index contributed by atoms with van der Waals surface area (Å²) >= 11 is 0. The third-order valence-electron chi connectivity index (χ3n) is 6.44. The van der Waals surface area contributed by atoms with Gasteiger partial charge in [-0.05, 0) is 48.9 Å². The molecule has 2 heterocycles. The zero-order valence-electron chi connectivity index (χ0n) is 18.7. The lowest BCUT2D eigenvalue weighted by molar-refractivity contribution is 0.205. The van der Waals surface area contributed by atoms with Crippen LogP contribution in [0.2, 0.25) is 0 Å². The number of hydrogen-bond acceptors (Lipinski definition) is 4. The lowest BCUT2D eigenvalue weighted by Gasteiger charge is -2.25. The first kappa shape index (κ1) is 21.3. The van der Waals surface area contributed by atoms with Gasteiger partial charge in [0.25, 0.3) is 0 Å². The molecule has 4 rings (SSSR count). The fraction of sp³-hybridized carbons (Fsp3) is 0.480. The number of nitrogens with one attached hydrogen (secondary N) is 1. The van der Waals surface area contributed by atoms with Gasteiger partial charge < -0.3 is 24.8 Å². The maximum Gasteiger partial charge on any atom is 0.317 e. The topological polar surface area (TPSA) is 48.1 Å².